The van der Waals surface area contributed by atoms with E-state index >= 15 is 0 Å². The zero-order valence-electron chi connectivity index (χ0n) is 10.2. The van der Waals surface area contributed by atoms with E-state index < -0.39 is 5.54 Å². The summed E-state index contributed by atoms with van der Waals surface area (Å²) in [5.41, 5.74) is 2.21. The summed E-state index contributed by atoms with van der Waals surface area (Å²) in [4.78, 5) is 12.2. The molecule has 2 aromatic rings. The van der Waals surface area contributed by atoms with Gasteiger partial charge in [-0.15, -0.1) is 0 Å². The first-order valence-electron chi connectivity index (χ1n) is 5.79. The van der Waals surface area contributed by atoms with E-state index in [9.17, 15) is 4.79 Å². The average Bonchev–Trinajstić information content (AvgIpc) is 2.73. The second kappa shape index (κ2) is 3.62. The van der Waals surface area contributed by atoms with Crippen LogP contribution >= 0.6 is 11.6 Å². The van der Waals surface area contributed by atoms with Gasteiger partial charge in [0.1, 0.15) is 5.69 Å². The Morgan fingerprint density at radius 2 is 2.06 bits per heavy atom. The molecule has 1 amide bonds. The van der Waals surface area contributed by atoms with Gasteiger partial charge in [-0.05, 0) is 38.1 Å². The Morgan fingerprint density at radius 3 is 2.83 bits per heavy atom. The quantitative estimate of drug-likeness (QED) is 0.776. The zero-order chi connectivity index (χ0) is 12.9. The van der Waals surface area contributed by atoms with E-state index in [4.69, 9.17) is 11.6 Å². The Kier molecular flexibility index (Phi) is 2.29. The molecule has 18 heavy (non-hydrogen) atoms. The third-order valence-corrected chi connectivity index (χ3v) is 3.54. The van der Waals surface area contributed by atoms with E-state index in [0.29, 0.717) is 10.7 Å². The van der Waals surface area contributed by atoms with Gasteiger partial charge in [-0.1, -0.05) is 17.7 Å². The summed E-state index contributed by atoms with van der Waals surface area (Å²) < 4.78 is 1.88. The predicted octanol–water partition coefficient (Wildman–Crippen LogP) is 3.11. The van der Waals surface area contributed by atoms with Crippen molar-refractivity contribution in [2.24, 2.45) is 0 Å². The Hall–Kier alpha value is -1.74. The van der Waals surface area contributed by atoms with Crippen molar-refractivity contribution in [3.05, 3.63) is 52.8 Å². The third-order valence-electron chi connectivity index (χ3n) is 3.30. The van der Waals surface area contributed by atoms with Crippen LogP contribution in [0.4, 0.5) is 0 Å². The van der Waals surface area contributed by atoms with Crippen molar-refractivity contribution in [1.29, 1.82) is 0 Å². The zero-order valence-corrected chi connectivity index (χ0v) is 11.0. The van der Waals surface area contributed by atoms with E-state index in [2.05, 4.69) is 5.32 Å². The molecular formula is C14H13ClN2O. The average molecular weight is 261 g/mol. The first kappa shape index (κ1) is 11.4. The van der Waals surface area contributed by atoms with E-state index in [1.807, 2.05) is 48.9 Å². The highest BCUT2D eigenvalue weighted by Gasteiger charge is 2.31. The first-order chi connectivity index (χ1) is 8.49. The number of nitrogens with one attached hydrogen (secondary N) is 1. The molecule has 0 atom stereocenters. The maximum absolute atomic E-state index is 12.2. The molecular weight excluding hydrogens is 248 g/mol. The van der Waals surface area contributed by atoms with Gasteiger partial charge in [-0.2, -0.15) is 0 Å². The molecule has 1 aromatic heterocycles. The van der Waals surface area contributed by atoms with Crippen molar-refractivity contribution in [2.45, 2.75) is 19.4 Å². The molecule has 3 nitrogen and oxygen atoms in total. The minimum Gasteiger partial charge on any atom is -0.342 e. The van der Waals surface area contributed by atoms with Gasteiger partial charge in [0.15, 0.2) is 0 Å². The van der Waals surface area contributed by atoms with Gasteiger partial charge in [-0.25, -0.2) is 0 Å². The summed E-state index contributed by atoms with van der Waals surface area (Å²) in [5, 5.41) is 3.70. The second-order valence-corrected chi connectivity index (χ2v) is 5.44. The third kappa shape index (κ3) is 1.55. The fourth-order valence-corrected chi connectivity index (χ4v) is 2.59. The van der Waals surface area contributed by atoms with Crippen LogP contribution in [0.5, 0.6) is 0 Å². The van der Waals surface area contributed by atoms with Crippen LogP contribution in [0.3, 0.4) is 0 Å². The number of hydrogen-bond donors (Lipinski definition) is 1. The number of hydrogen-bond acceptors (Lipinski definition) is 1. The molecule has 92 valence electrons. The normalized spacial score (nSPS) is 16.5. The van der Waals surface area contributed by atoms with Crippen LogP contribution in [0.25, 0.3) is 5.69 Å². The monoisotopic (exact) mass is 260 g/mol. The summed E-state index contributed by atoms with van der Waals surface area (Å²) in [7, 11) is 0. The molecule has 0 unspecified atom stereocenters. The molecule has 0 fully saturated rings. The highest BCUT2D eigenvalue weighted by molar-refractivity contribution is 6.30. The second-order valence-electron chi connectivity index (χ2n) is 5.00. The predicted molar refractivity (Wildman–Crippen MR) is 71.3 cm³/mol. The number of carbonyl (C=O) groups is 1. The maximum Gasteiger partial charge on any atom is 0.268 e. The van der Waals surface area contributed by atoms with Crippen molar-refractivity contribution in [2.75, 3.05) is 0 Å². The van der Waals surface area contributed by atoms with E-state index in [-0.39, 0.29) is 5.91 Å². The molecule has 3 rings (SSSR count). The molecule has 1 aromatic carbocycles. The van der Waals surface area contributed by atoms with Crippen LogP contribution in [0.15, 0.2) is 36.5 Å². The number of halogens is 1. The van der Waals surface area contributed by atoms with Crippen molar-refractivity contribution < 1.29 is 4.79 Å². The van der Waals surface area contributed by atoms with E-state index in [0.717, 1.165) is 11.3 Å². The lowest BCUT2D eigenvalue weighted by Crippen LogP contribution is -2.39. The number of benzene rings is 1. The van der Waals surface area contributed by atoms with Gasteiger partial charge in [0.05, 0.1) is 11.2 Å². The molecule has 1 N–H and O–H groups in total. The molecule has 0 bridgehead atoms. The van der Waals surface area contributed by atoms with Gasteiger partial charge in [0.25, 0.3) is 5.91 Å². The summed E-state index contributed by atoms with van der Waals surface area (Å²) >= 11 is 6.07. The van der Waals surface area contributed by atoms with Crippen molar-refractivity contribution in [1.82, 2.24) is 9.88 Å². The van der Waals surface area contributed by atoms with E-state index in [1.165, 1.54) is 0 Å². The Labute approximate surface area is 110 Å². The highest BCUT2D eigenvalue weighted by atomic mass is 35.5. The highest BCUT2D eigenvalue weighted by Crippen LogP contribution is 2.32. The van der Waals surface area contributed by atoms with Crippen LogP contribution in [0.1, 0.15) is 29.9 Å². The molecule has 4 heteroatoms. The minimum atomic E-state index is -0.421. The first-order valence-corrected chi connectivity index (χ1v) is 6.17. The molecule has 0 spiro atoms. The van der Waals surface area contributed by atoms with Crippen molar-refractivity contribution in [3.63, 3.8) is 0 Å². The van der Waals surface area contributed by atoms with Gasteiger partial charge in [0.2, 0.25) is 0 Å². The fraction of sp³-hybridized carbons (Fsp3) is 0.214. The molecule has 0 saturated carbocycles. The molecule has 0 radical (unpaired) electrons. The van der Waals surface area contributed by atoms with E-state index in [1.54, 1.807) is 6.07 Å². The molecule has 2 heterocycles. The van der Waals surface area contributed by atoms with Crippen LogP contribution in [-0.4, -0.2) is 10.5 Å². The maximum atomic E-state index is 12.2. The van der Waals surface area contributed by atoms with Crippen LogP contribution in [0.2, 0.25) is 5.02 Å². The number of fused-ring (bicyclic) bond motifs is 3. The SMILES string of the molecule is CC1(C)NC(=O)c2cccn2-c2cc(Cl)ccc21. The Morgan fingerprint density at radius 1 is 1.28 bits per heavy atom. The lowest BCUT2D eigenvalue weighted by Gasteiger charge is -2.26. The summed E-state index contributed by atoms with van der Waals surface area (Å²) in [6.45, 7) is 3.98. The molecule has 1 aliphatic heterocycles. The van der Waals surface area contributed by atoms with Gasteiger partial charge >= 0.3 is 0 Å². The largest absolute Gasteiger partial charge is 0.342 e. The number of amides is 1. The molecule has 1 aliphatic rings. The summed E-state index contributed by atoms with van der Waals surface area (Å²) in [5.74, 6) is -0.0719. The van der Waals surface area contributed by atoms with Crippen LogP contribution in [-0.2, 0) is 5.54 Å². The van der Waals surface area contributed by atoms with Crippen molar-refractivity contribution in [3.8, 4) is 5.69 Å². The smallest absolute Gasteiger partial charge is 0.268 e. The lowest BCUT2D eigenvalue weighted by atomic mass is 9.93. The number of rotatable bonds is 0. The fourth-order valence-electron chi connectivity index (χ4n) is 2.42. The summed E-state index contributed by atoms with van der Waals surface area (Å²) in [6.07, 6.45) is 1.88. The number of aromatic nitrogens is 1. The Balaban J connectivity index is 2.37. The molecule has 0 saturated heterocycles. The van der Waals surface area contributed by atoms with Gasteiger partial charge in [0, 0.05) is 16.8 Å². The van der Waals surface area contributed by atoms with Crippen LogP contribution < -0.4 is 5.32 Å². The topological polar surface area (TPSA) is 34.0 Å². The van der Waals surface area contributed by atoms with Gasteiger partial charge < -0.3 is 9.88 Å². The Bertz CT molecular complexity index is 643. The number of carbonyl (C=O) groups excluding carboxylic acids is 1. The lowest BCUT2D eigenvalue weighted by molar-refractivity contribution is 0.0910. The standard InChI is InChI=1S/C14H13ClN2O/c1-14(2)10-6-5-9(15)8-12(10)17-7-3-4-11(17)13(18)16-14/h3-8H,1-2H3,(H,16,18). The summed E-state index contributed by atoms with van der Waals surface area (Å²) in [6, 6.07) is 9.37. The minimum absolute atomic E-state index is 0.0719. The molecule has 0 aliphatic carbocycles. The number of nitrogens with zero attached hydrogens (tertiary/aromatic N) is 1. The van der Waals surface area contributed by atoms with Crippen molar-refractivity contribution >= 4 is 17.5 Å². The van der Waals surface area contributed by atoms with Crippen LogP contribution in [0, 0.1) is 0 Å². The van der Waals surface area contributed by atoms with Gasteiger partial charge in [-0.3, -0.25) is 4.79 Å².